The minimum Gasteiger partial charge on any atom is -0.387 e. The van der Waals surface area contributed by atoms with E-state index in [4.69, 9.17) is 0 Å². The van der Waals surface area contributed by atoms with E-state index in [2.05, 4.69) is 5.32 Å². The van der Waals surface area contributed by atoms with Gasteiger partial charge in [-0.25, -0.2) is 4.39 Å². The van der Waals surface area contributed by atoms with Crippen molar-refractivity contribution >= 4 is 11.6 Å². The fourth-order valence-electron chi connectivity index (χ4n) is 2.09. The van der Waals surface area contributed by atoms with Gasteiger partial charge in [0.1, 0.15) is 5.82 Å². The van der Waals surface area contributed by atoms with E-state index in [0.717, 1.165) is 0 Å². The van der Waals surface area contributed by atoms with Gasteiger partial charge in [-0.2, -0.15) is 0 Å². The first-order valence-corrected chi connectivity index (χ1v) is 6.90. The van der Waals surface area contributed by atoms with Gasteiger partial charge in [0.05, 0.1) is 17.4 Å². The fourth-order valence-corrected chi connectivity index (χ4v) is 2.09. The lowest BCUT2D eigenvalue weighted by molar-refractivity contribution is -0.385. The van der Waals surface area contributed by atoms with Crippen LogP contribution in [0.15, 0.2) is 48.5 Å². The summed E-state index contributed by atoms with van der Waals surface area (Å²) in [5, 5.41) is 23.3. The van der Waals surface area contributed by atoms with Crippen molar-refractivity contribution in [2.45, 2.75) is 12.5 Å². The monoisotopic (exact) mass is 318 g/mol. The van der Waals surface area contributed by atoms with Crippen LogP contribution in [0.3, 0.4) is 0 Å². The van der Waals surface area contributed by atoms with Gasteiger partial charge in [0.25, 0.3) is 5.69 Å². The van der Waals surface area contributed by atoms with Gasteiger partial charge < -0.3 is 10.4 Å². The molecule has 0 fully saturated rings. The Morgan fingerprint density at radius 1 is 1.22 bits per heavy atom. The second-order valence-electron chi connectivity index (χ2n) is 4.93. The number of aliphatic hydroxyl groups is 1. The highest BCUT2D eigenvalue weighted by Crippen LogP contribution is 2.18. The quantitative estimate of drug-likeness (QED) is 0.630. The predicted molar refractivity (Wildman–Crippen MR) is 81.2 cm³/mol. The second-order valence-corrected chi connectivity index (χ2v) is 4.93. The molecule has 0 radical (unpaired) electrons. The van der Waals surface area contributed by atoms with Crippen LogP contribution in [0.1, 0.15) is 17.2 Å². The molecular formula is C16H15FN2O4. The number of nitrogens with one attached hydrogen (secondary N) is 1. The van der Waals surface area contributed by atoms with Crippen molar-refractivity contribution in [3.05, 3.63) is 75.6 Å². The van der Waals surface area contributed by atoms with Crippen LogP contribution in [0.5, 0.6) is 0 Å². The second kappa shape index (κ2) is 7.46. The van der Waals surface area contributed by atoms with Gasteiger partial charge in [0.15, 0.2) is 0 Å². The molecule has 0 aliphatic heterocycles. The van der Waals surface area contributed by atoms with Gasteiger partial charge in [-0.1, -0.05) is 30.3 Å². The molecule has 0 aliphatic carbocycles. The van der Waals surface area contributed by atoms with Crippen LogP contribution in [0.4, 0.5) is 10.1 Å². The van der Waals surface area contributed by atoms with Gasteiger partial charge in [-0.3, -0.25) is 14.9 Å². The summed E-state index contributed by atoms with van der Waals surface area (Å²) in [5.74, 6) is -0.859. The van der Waals surface area contributed by atoms with Crippen LogP contribution >= 0.6 is 0 Å². The molecule has 1 atom stereocenters. The zero-order valence-electron chi connectivity index (χ0n) is 12.1. The normalized spacial score (nSPS) is 11.7. The number of hydrogen-bond acceptors (Lipinski definition) is 4. The van der Waals surface area contributed by atoms with Crippen LogP contribution in [-0.4, -0.2) is 22.5 Å². The number of halogens is 1. The number of carbonyl (C=O) groups excluding carboxylic acids is 1. The number of aliphatic hydroxyl groups excluding tert-OH is 1. The minimum absolute atomic E-state index is 0.0644. The van der Waals surface area contributed by atoms with Crippen molar-refractivity contribution in [2.75, 3.05) is 6.54 Å². The number of carbonyl (C=O) groups is 1. The summed E-state index contributed by atoms with van der Waals surface area (Å²) in [4.78, 5) is 22.2. The Morgan fingerprint density at radius 2 is 1.87 bits per heavy atom. The molecule has 2 aromatic rings. The first-order chi connectivity index (χ1) is 11.0. The van der Waals surface area contributed by atoms with Gasteiger partial charge in [-0.05, 0) is 17.7 Å². The first-order valence-electron chi connectivity index (χ1n) is 6.90. The molecule has 7 heteroatoms. The van der Waals surface area contributed by atoms with Crippen molar-refractivity contribution in [1.82, 2.24) is 5.32 Å². The average Bonchev–Trinajstić information content (AvgIpc) is 2.53. The molecule has 2 aromatic carbocycles. The summed E-state index contributed by atoms with van der Waals surface area (Å²) >= 11 is 0. The standard InChI is InChI=1S/C16H15FN2O4/c17-13-7-5-11(6-8-13)15(20)10-18-16(21)9-12-3-1-2-4-14(12)19(22)23/h1-8,15,20H,9-10H2,(H,18,21). The highest BCUT2D eigenvalue weighted by molar-refractivity contribution is 5.79. The van der Waals surface area contributed by atoms with Crippen molar-refractivity contribution < 1.29 is 19.2 Å². The third kappa shape index (κ3) is 4.58. The number of benzene rings is 2. The summed E-state index contributed by atoms with van der Waals surface area (Å²) in [6.45, 7) is -0.0644. The molecule has 6 nitrogen and oxygen atoms in total. The molecule has 1 unspecified atom stereocenters. The zero-order chi connectivity index (χ0) is 16.8. The van der Waals surface area contributed by atoms with Gasteiger partial charge in [0, 0.05) is 18.2 Å². The number of amides is 1. The number of nitro benzene ring substituents is 1. The largest absolute Gasteiger partial charge is 0.387 e. The maximum Gasteiger partial charge on any atom is 0.273 e. The van der Waals surface area contributed by atoms with E-state index in [-0.39, 0.29) is 18.7 Å². The molecule has 0 heterocycles. The van der Waals surface area contributed by atoms with E-state index in [1.807, 2.05) is 0 Å². The van der Waals surface area contributed by atoms with Gasteiger partial charge >= 0.3 is 0 Å². The average molecular weight is 318 g/mol. The number of nitro groups is 1. The van der Waals surface area contributed by atoms with Crippen molar-refractivity contribution in [3.8, 4) is 0 Å². The molecule has 0 bridgehead atoms. The smallest absolute Gasteiger partial charge is 0.273 e. The van der Waals surface area contributed by atoms with E-state index in [0.29, 0.717) is 11.1 Å². The molecule has 0 saturated heterocycles. The van der Waals surface area contributed by atoms with Crippen LogP contribution < -0.4 is 5.32 Å². The number of rotatable bonds is 6. The molecule has 1 amide bonds. The molecule has 0 aromatic heterocycles. The highest BCUT2D eigenvalue weighted by Gasteiger charge is 2.16. The lowest BCUT2D eigenvalue weighted by atomic mass is 10.1. The molecule has 0 spiro atoms. The van der Waals surface area contributed by atoms with Crippen LogP contribution in [0, 0.1) is 15.9 Å². The molecule has 2 N–H and O–H groups in total. The molecule has 0 saturated carbocycles. The third-order valence-electron chi connectivity index (χ3n) is 3.29. The third-order valence-corrected chi connectivity index (χ3v) is 3.29. The summed E-state index contributed by atoms with van der Waals surface area (Å²) in [6.07, 6.45) is -1.14. The van der Waals surface area contributed by atoms with E-state index in [1.54, 1.807) is 6.07 Å². The van der Waals surface area contributed by atoms with Crippen LogP contribution in [0.2, 0.25) is 0 Å². The molecule has 0 aliphatic rings. The number of nitrogens with zero attached hydrogens (tertiary/aromatic N) is 1. The summed E-state index contributed by atoms with van der Waals surface area (Å²) in [7, 11) is 0. The maximum atomic E-state index is 12.8. The van der Waals surface area contributed by atoms with E-state index < -0.39 is 22.8 Å². The predicted octanol–water partition coefficient (Wildman–Crippen LogP) is 2.13. The lowest BCUT2D eigenvalue weighted by Gasteiger charge is -2.12. The van der Waals surface area contributed by atoms with Gasteiger partial charge in [0.2, 0.25) is 5.91 Å². The Balaban J connectivity index is 1.93. The molecule has 120 valence electrons. The van der Waals surface area contributed by atoms with Crippen molar-refractivity contribution in [2.24, 2.45) is 0 Å². The molecule has 2 rings (SSSR count). The highest BCUT2D eigenvalue weighted by atomic mass is 19.1. The summed E-state index contributed by atoms with van der Waals surface area (Å²) in [6, 6.07) is 11.3. The number of para-hydroxylation sites is 1. The molecular weight excluding hydrogens is 303 g/mol. The van der Waals surface area contributed by atoms with E-state index >= 15 is 0 Å². The van der Waals surface area contributed by atoms with Crippen LogP contribution in [-0.2, 0) is 11.2 Å². The Bertz CT molecular complexity index is 703. The molecule has 23 heavy (non-hydrogen) atoms. The Kier molecular flexibility index (Phi) is 5.37. The Labute approximate surface area is 131 Å². The maximum absolute atomic E-state index is 12.8. The summed E-state index contributed by atoms with van der Waals surface area (Å²) < 4.78 is 12.8. The van der Waals surface area contributed by atoms with Gasteiger partial charge in [-0.15, -0.1) is 0 Å². The first kappa shape index (κ1) is 16.6. The number of hydrogen-bond donors (Lipinski definition) is 2. The lowest BCUT2D eigenvalue weighted by Crippen LogP contribution is -2.29. The van der Waals surface area contributed by atoms with Crippen LogP contribution in [0.25, 0.3) is 0 Å². The van der Waals surface area contributed by atoms with E-state index in [9.17, 15) is 24.4 Å². The topological polar surface area (TPSA) is 92.5 Å². The SMILES string of the molecule is O=C(Cc1ccccc1[N+](=O)[O-])NCC(O)c1ccc(F)cc1. The Morgan fingerprint density at radius 3 is 2.52 bits per heavy atom. The fraction of sp³-hybridized carbons (Fsp3) is 0.188. The van der Waals surface area contributed by atoms with Crippen molar-refractivity contribution in [3.63, 3.8) is 0 Å². The van der Waals surface area contributed by atoms with Crippen molar-refractivity contribution in [1.29, 1.82) is 0 Å². The Hall–Kier alpha value is -2.80. The summed E-state index contributed by atoms with van der Waals surface area (Å²) in [5.41, 5.74) is 0.644. The minimum atomic E-state index is -0.981. The van der Waals surface area contributed by atoms with E-state index in [1.165, 1.54) is 42.5 Å². The zero-order valence-corrected chi connectivity index (χ0v) is 12.1.